The van der Waals surface area contributed by atoms with E-state index in [1.165, 1.54) is 5.56 Å². The Bertz CT molecular complexity index is 1080. The van der Waals surface area contributed by atoms with Crippen molar-refractivity contribution < 1.29 is 9.32 Å². The molecule has 0 unspecified atom stereocenters. The largest absolute Gasteiger partial charge is 0.334 e. The molecule has 6 heteroatoms. The van der Waals surface area contributed by atoms with Gasteiger partial charge in [0.25, 0.3) is 5.89 Å². The van der Waals surface area contributed by atoms with E-state index in [-0.39, 0.29) is 12.5 Å². The van der Waals surface area contributed by atoms with Gasteiger partial charge in [0, 0.05) is 17.4 Å². The first-order valence-corrected chi connectivity index (χ1v) is 9.16. The van der Waals surface area contributed by atoms with Crippen molar-refractivity contribution in [2.24, 2.45) is 0 Å². The second-order valence-electron chi connectivity index (χ2n) is 6.41. The summed E-state index contributed by atoms with van der Waals surface area (Å²) in [5, 5.41) is 6.99. The van der Waals surface area contributed by atoms with E-state index in [4.69, 9.17) is 4.52 Å². The number of carbonyl (C=O) groups excluding carboxylic acids is 1. The Morgan fingerprint density at radius 2 is 1.93 bits per heavy atom. The average molecular weight is 372 g/mol. The molecule has 4 rings (SSSR count). The average Bonchev–Trinajstić information content (AvgIpc) is 3.38. The fourth-order valence-corrected chi connectivity index (χ4v) is 3.00. The zero-order valence-electron chi connectivity index (χ0n) is 15.5. The standard InChI is InChI=1S/C22H20N4O2/c1-2-16-8-6-11-18(14-16)23-20(27)15-26-13-7-12-19(26)22-24-21(25-28-22)17-9-4-3-5-10-17/h3-14H,2,15H2,1H3,(H,23,27). The van der Waals surface area contributed by atoms with Crippen LogP contribution in [0.2, 0.25) is 0 Å². The lowest BCUT2D eigenvalue weighted by Crippen LogP contribution is -2.18. The molecule has 1 amide bonds. The van der Waals surface area contributed by atoms with E-state index >= 15 is 0 Å². The summed E-state index contributed by atoms with van der Waals surface area (Å²) in [5.74, 6) is 0.780. The third-order valence-corrected chi connectivity index (χ3v) is 4.44. The van der Waals surface area contributed by atoms with Gasteiger partial charge >= 0.3 is 0 Å². The van der Waals surface area contributed by atoms with Gasteiger partial charge in [0.2, 0.25) is 11.7 Å². The minimum Gasteiger partial charge on any atom is -0.334 e. The Hall–Kier alpha value is -3.67. The maximum Gasteiger partial charge on any atom is 0.274 e. The molecule has 0 saturated carbocycles. The van der Waals surface area contributed by atoms with Crippen molar-refractivity contribution in [1.82, 2.24) is 14.7 Å². The third kappa shape index (κ3) is 3.86. The summed E-state index contributed by atoms with van der Waals surface area (Å²) in [5.41, 5.74) is 3.55. The highest BCUT2D eigenvalue weighted by Gasteiger charge is 2.15. The second-order valence-corrected chi connectivity index (χ2v) is 6.41. The van der Waals surface area contributed by atoms with Crippen molar-refractivity contribution in [3.8, 4) is 23.0 Å². The van der Waals surface area contributed by atoms with Gasteiger partial charge in [-0.25, -0.2) is 0 Å². The molecule has 0 spiro atoms. The molecule has 0 fully saturated rings. The molecule has 2 aromatic carbocycles. The van der Waals surface area contributed by atoms with Gasteiger partial charge in [0.1, 0.15) is 12.2 Å². The van der Waals surface area contributed by atoms with Crippen molar-refractivity contribution in [2.75, 3.05) is 5.32 Å². The number of rotatable bonds is 6. The van der Waals surface area contributed by atoms with Gasteiger partial charge in [-0.15, -0.1) is 0 Å². The van der Waals surface area contributed by atoms with Gasteiger partial charge in [-0.05, 0) is 36.2 Å². The number of aromatic nitrogens is 3. The molecule has 4 aromatic rings. The van der Waals surface area contributed by atoms with E-state index < -0.39 is 0 Å². The number of aryl methyl sites for hydroxylation is 1. The Balaban J connectivity index is 1.50. The molecule has 0 aliphatic carbocycles. The van der Waals surface area contributed by atoms with E-state index in [9.17, 15) is 4.79 Å². The fourth-order valence-electron chi connectivity index (χ4n) is 3.00. The molecule has 0 bridgehead atoms. The van der Waals surface area contributed by atoms with Crippen LogP contribution in [0.15, 0.2) is 77.4 Å². The van der Waals surface area contributed by atoms with Crippen molar-refractivity contribution in [3.05, 3.63) is 78.5 Å². The van der Waals surface area contributed by atoms with Crippen LogP contribution < -0.4 is 5.32 Å². The monoisotopic (exact) mass is 372 g/mol. The zero-order valence-corrected chi connectivity index (χ0v) is 15.5. The highest BCUT2D eigenvalue weighted by molar-refractivity contribution is 5.90. The van der Waals surface area contributed by atoms with Crippen LogP contribution in [-0.2, 0) is 17.8 Å². The van der Waals surface area contributed by atoms with Gasteiger partial charge in [0.05, 0.1) is 0 Å². The van der Waals surface area contributed by atoms with Gasteiger partial charge in [-0.2, -0.15) is 4.98 Å². The first-order chi connectivity index (χ1) is 13.7. The number of benzene rings is 2. The zero-order chi connectivity index (χ0) is 19.3. The molecule has 140 valence electrons. The van der Waals surface area contributed by atoms with E-state index in [1.54, 1.807) is 4.57 Å². The summed E-state index contributed by atoms with van der Waals surface area (Å²) < 4.78 is 7.21. The lowest BCUT2D eigenvalue weighted by Gasteiger charge is -2.09. The number of nitrogens with zero attached hydrogens (tertiary/aromatic N) is 3. The Morgan fingerprint density at radius 3 is 2.75 bits per heavy atom. The van der Waals surface area contributed by atoms with Crippen molar-refractivity contribution in [1.29, 1.82) is 0 Å². The number of hydrogen-bond donors (Lipinski definition) is 1. The maximum atomic E-state index is 12.5. The Labute approximate surface area is 162 Å². The normalized spacial score (nSPS) is 10.8. The second kappa shape index (κ2) is 7.92. The summed E-state index contributed by atoms with van der Waals surface area (Å²) >= 11 is 0. The van der Waals surface area contributed by atoms with Crippen molar-refractivity contribution >= 4 is 11.6 Å². The summed E-state index contributed by atoms with van der Waals surface area (Å²) in [4.78, 5) is 17.0. The van der Waals surface area contributed by atoms with Crippen LogP contribution in [0.25, 0.3) is 23.0 Å². The first-order valence-electron chi connectivity index (χ1n) is 9.16. The summed E-state index contributed by atoms with van der Waals surface area (Å²) in [6.07, 6.45) is 2.75. The predicted molar refractivity (Wildman–Crippen MR) is 108 cm³/mol. The van der Waals surface area contributed by atoms with Crippen LogP contribution in [0.3, 0.4) is 0 Å². The van der Waals surface area contributed by atoms with Crippen LogP contribution in [0.1, 0.15) is 12.5 Å². The van der Waals surface area contributed by atoms with Crippen molar-refractivity contribution in [2.45, 2.75) is 19.9 Å². The number of nitrogens with one attached hydrogen (secondary N) is 1. The van der Waals surface area contributed by atoms with E-state index in [1.807, 2.05) is 72.9 Å². The van der Waals surface area contributed by atoms with Crippen LogP contribution in [0, 0.1) is 0 Å². The summed E-state index contributed by atoms with van der Waals surface area (Å²) in [6, 6.07) is 21.2. The highest BCUT2D eigenvalue weighted by Crippen LogP contribution is 2.22. The number of hydrogen-bond acceptors (Lipinski definition) is 4. The fraction of sp³-hybridized carbons (Fsp3) is 0.136. The maximum absolute atomic E-state index is 12.5. The van der Waals surface area contributed by atoms with Crippen LogP contribution >= 0.6 is 0 Å². The molecule has 28 heavy (non-hydrogen) atoms. The van der Waals surface area contributed by atoms with Gasteiger partial charge in [0.15, 0.2) is 0 Å². The highest BCUT2D eigenvalue weighted by atomic mass is 16.5. The quantitative estimate of drug-likeness (QED) is 0.544. The molecule has 0 saturated heterocycles. The molecule has 0 radical (unpaired) electrons. The summed E-state index contributed by atoms with van der Waals surface area (Å²) in [7, 11) is 0. The molecular formula is C22H20N4O2. The Morgan fingerprint density at radius 1 is 1.07 bits per heavy atom. The third-order valence-electron chi connectivity index (χ3n) is 4.44. The lowest BCUT2D eigenvalue weighted by atomic mass is 10.1. The van der Waals surface area contributed by atoms with E-state index in [2.05, 4.69) is 22.4 Å². The predicted octanol–water partition coefficient (Wildman–Crippen LogP) is 4.41. The van der Waals surface area contributed by atoms with Gasteiger partial charge < -0.3 is 14.4 Å². The first kappa shape index (κ1) is 17.7. The number of carbonyl (C=O) groups is 1. The van der Waals surface area contributed by atoms with E-state index in [0.29, 0.717) is 17.4 Å². The number of anilines is 1. The minimum absolute atomic E-state index is 0.117. The SMILES string of the molecule is CCc1cccc(NC(=O)Cn2cccc2-c2nc(-c3ccccc3)no2)c1. The molecule has 2 heterocycles. The van der Waals surface area contributed by atoms with Gasteiger partial charge in [-0.3, -0.25) is 4.79 Å². The molecule has 2 aromatic heterocycles. The Kier molecular flexibility index (Phi) is 5.01. The molecular weight excluding hydrogens is 352 g/mol. The van der Waals surface area contributed by atoms with Crippen LogP contribution in [-0.4, -0.2) is 20.6 Å². The smallest absolute Gasteiger partial charge is 0.274 e. The topological polar surface area (TPSA) is 73.0 Å². The molecule has 0 aliphatic rings. The lowest BCUT2D eigenvalue weighted by molar-refractivity contribution is -0.116. The van der Waals surface area contributed by atoms with Crippen LogP contribution in [0.5, 0.6) is 0 Å². The molecule has 0 aliphatic heterocycles. The van der Waals surface area contributed by atoms with Gasteiger partial charge in [-0.1, -0.05) is 54.5 Å². The van der Waals surface area contributed by atoms with Crippen LogP contribution in [0.4, 0.5) is 5.69 Å². The number of amides is 1. The van der Waals surface area contributed by atoms with E-state index in [0.717, 1.165) is 17.7 Å². The van der Waals surface area contributed by atoms with Crippen molar-refractivity contribution in [3.63, 3.8) is 0 Å². The molecule has 0 atom stereocenters. The molecule has 6 nitrogen and oxygen atoms in total. The minimum atomic E-state index is -0.117. The summed E-state index contributed by atoms with van der Waals surface area (Å²) in [6.45, 7) is 2.24. The molecule has 1 N–H and O–H groups in total.